The van der Waals surface area contributed by atoms with Crippen molar-refractivity contribution >= 4 is 11.3 Å². The topological polar surface area (TPSA) is 44.9 Å². The van der Waals surface area contributed by atoms with Crippen molar-refractivity contribution in [3.05, 3.63) is 34.3 Å². The third-order valence-corrected chi connectivity index (χ3v) is 2.35. The fraction of sp³-hybridized carbons (Fsp3) is 0.364. The van der Waals surface area contributed by atoms with Crippen LogP contribution < -0.4 is 10.9 Å². The van der Waals surface area contributed by atoms with Gasteiger partial charge in [0.1, 0.15) is 0 Å². The molecule has 0 bridgehead atoms. The van der Waals surface area contributed by atoms with Crippen molar-refractivity contribution in [2.24, 2.45) is 0 Å². The smallest absolute Gasteiger partial charge is 0.248 e. The summed E-state index contributed by atoms with van der Waals surface area (Å²) < 4.78 is 0. The van der Waals surface area contributed by atoms with E-state index in [0.717, 1.165) is 17.0 Å². The van der Waals surface area contributed by atoms with Crippen molar-refractivity contribution in [2.45, 2.75) is 26.3 Å². The fourth-order valence-electron chi connectivity index (χ4n) is 1.89. The standard InChI is InChI=1S/C11H14N2O/c1-7-6-11(2,3)13-8-4-5-9(14)12-10(7)8/h4-6,13H,1-3H3,(H,12,14). The number of H-pyrrole nitrogens is 1. The van der Waals surface area contributed by atoms with Crippen molar-refractivity contribution in [1.29, 1.82) is 0 Å². The summed E-state index contributed by atoms with van der Waals surface area (Å²) in [6.07, 6.45) is 2.12. The van der Waals surface area contributed by atoms with Gasteiger partial charge >= 0.3 is 0 Å². The van der Waals surface area contributed by atoms with E-state index >= 15 is 0 Å². The van der Waals surface area contributed by atoms with Gasteiger partial charge in [-0.25, -0.2) is 0 Å². The maximum Gasteiger partial charge on any atom is 0.248 e. The summed E-state index contributed by atoms with van der Waals surface area (Å²) in [5.41, 5.74) is 2.90. The van der Waals surface area contributed by atoms with E-state index < -0.39 is 0 Å². The molecule has 0 aromatic carbocycles. The van der Waals surface area contributed by atoms with Crippen LogP contribution in [0.25, 0.3) is 5.57 Å². The highest BCUT2D eigenvalue weighted by atomic mass is 16.1. The van der Waals surface area contributed by atoms with Gasteiger partial charge in [-0.1, -0.05) is 6.08 Å². The number of pyridine rings is 1. The van der Waals surface area contributed by atoms with Gasteiger partial charge in [-0.2, -0.15) is 0 Å². The molecule has 0 saturated carbocycles. The van der Waals surface area contributed by atoms with Crippen LogP contribution in [-0.4, -0.2) is 10.5 Å². The molecule has 0 spiro atoms. The molecule has 0 saturated heterocycles. The number of hydrogen-bond acceptors (Lipinski definition) is 2. The number of aromatic amines is 1. The zero-order valence-corrected chi connectivity index (χ0v) is 8.64. The SMILES string of the molecule is CC1=CC(C)(C)Nc2ccc(=O)[nH]c21. The van der Waals surface area contributed by atoms with Gasteiger partial charge in [-0.15, -0.1) is 0 Å². The molecule has 0 atom stereocenters. The minimum atomic E-state index is -0.0574. The highest BCUT2D eigenvalue weighted by molar-refractivity contribution is 5.77. The summed E-state index contributed by atoms with van der Waals surface area (Å²) in [5, 5.41) is 3.35. The van der Waals surface area contributed by atoms with Gasteiger partial charge < -0.3 is 10.3 Å². The Morgan fingerprint density at radius 3 is 2.71 bits per heavy atom. The van der Waals surface area contributed by atoms with Gasteiger partial charge in [-0.05, 0) is 32.4 Å². The first-order valence-corrected chi connectivity index (χ1v) is 4.69. The summed E-state index contributed by atoms with van der Waals surface area (Å²) in [7, 11) is 0. The Hall–Kier alpha value is -1.51. The molecule has 0 aliphatic carbocycles. The molecule has 0 unspecified atom stereocenters. The summed E-state index contributed by atoms with van der Waals surface area (Å²) in [4.78, 5) is 14.0. The van der Waals surface area contributed by atoms with Gasteiger partial charge in [0.25, 0.3) is 0 Å². The summed E-state index contributed by atoms with van der Waals surface area (Å²) in [6.45, 7) is 6.21. The minimum Gasteiger partial charge on any atom is -0.375 e. The highest BCUT2D eigenvalue weighted by Gasteiger charge is 2.22. The van der Waals surface area contributed by atoms with E-state index in [4.69, 9.17) is 0 Å². The lowest BCUT2D eigenvalue weighted by molar-refractivity contribution is 0.705. The molecule has 0 amide bonds. The molecule has 1 aromatic heterocycles. The first-order valence-electron chi connectivity index (χ1n) is 4.69. The third-order valence-electron chi connectivity index (χ3n) is 2.35. The molecule has 1 aliphatic heterocycles. The Morgan fingerprint density at radius 2 is 2.00 bits per heavy atom. The number of hydrogen-bond donors (Lipinski definition) is 2. The maximum absolute atomic E-state index is 11.1. The number of rotatable bonds is 0. The van der Waals surface area contributed by atoms with E-state index in [9.17, 15) is 4.79 Å². The van der Waals surface area contributed by atoms with E-state index in [1.807, 2.05) is 13.0 Å². The Bertz CT molecular complexity index is 455. The molecular weight excluding hydrogens is 176 g/mol. The zero-order valence-electron chi connectivity index (χ0n) is 8.64. The summed E-state index contributed by atoms with van der Waals surface area (Å²) in [6, 6.07) is 3.37. The van der Waals surface area contributed by atoms with Crippen molar-refractivity contribution in [3.63, 3.8) is 0 Å². The van der Waals surface area contributed by atoms with Crippen LogP contribution in [0.1, 0.15) is 26.5 Å². The zero-order chi connectivity index (χ0) is 10.3. The average molecular weight is 190 g/mol. The number of allylic oxidation sites excluding steroid dienone is 1. The number of aromatic nitrogens is 1. The predicted molar refractivity (Wildman–Crippen MR) is 58.4 cm³/mol. The minimum absolute atomic E-state index is 0.0463. The van der Waals surface area contributed by atoms with Crippen LogP contribution >= 0.6 is 0 Å². The van der Waals surface area contributed by atoms with Gasteiger partial charge in [-0.3, -0.25) is 4.79 Å². The van der Waals surface area contributed by atoms with Crippen molar-refractivity contribution in [3.8, 4) is 0 Å². The monoisotopic (exact) mass is 190 g/mol. The summed E-state index contributed by atoms with van der Waals surface area (Å²) in [5.74, 6) is 0. The normalized spacial score (nSPS) is 18.1. The lowest BCUT2D eigenvalue weighted by atomic mass is 9.94. The van der Waals surface area contributed by atoms with E-state index in [1.165, 1.54) is 0 Å². The van der Waals surface area contributed by atoms with E-state index in [2.05, 4.69) is 30.2 Å². The Labute approximate surface area is 82.9 Å². The van der Waals surface area contributed by atoms with Crippen molar-refractivity contribution in [2.75, 3.05) is 5.32 Å². The molecule has 0 fully saturated rings. The second-order valence-corrected chi connectivity index (χ2v) is 4.29. The van der Waals surface area contributed by atoms with E-state index in [0.29, 0.717) is 0 Å². The largest absolute Gasteiger partial charge is 0.375 e. The van der Waals surface area contributed by atoms with E-state index in [-0.39, 0.29) is 11.1 Å². The molecule has 2 rings (SSSR count). The third kappa shape index (κ3) is 1.45. The molecule has 3 nitrogen and oxygen atoms in total. The Kier molecular flexibility index (Phi) is 1.77. The number of anilines is 1. The van der Waals surface area contributed by atoms with Gasteiger partial charge in [0.15, 0.2) is 0 Å². The van der Waals surface area contributed by atoms with Gasteiger partial charge in [0.2, 0.25) is 5.56 Å². The number of nitrogens with one attached hydrogen (secondary N) is 2. The molecule has 74 valence electrons. The van der Waals surface area contributed by atoms with Crippen LogP contribution in [0, 0.1) is 0 Å². The second-order valence-electron chi connectivity index (χ2n) is 4.29. The maximum atomic E-state index is 11.1. The Balaban J connectivity index is 2.62. The predicted octanol–water partition coefficient (Wildman–Crippen LogP) is 1.98. The number of fused-ring (bicyclic) bond motifs is 1. The lowest BCUT2D eigenvalue weighted by Crippen LogP contribution is -2.32. The molecule has 0 radical (unpaired) electrons. The molecule has 1 aromatic rings. The molecule has 2 heterocycles. The van der Waals surface area contributed by atoms with Crippen LogP contribution in [0.4, 0.5) is 5.69 Å². The van der Waals surface area contributed by atoms with Crippen LogP contribution in [0.15, 0.2) is 23.0 Å². The first-order chi connectivity index (χ1) is 6.48. The average Bonchev–Trinajstić information content (AvgIpc) is 2.05. The van der Waals surface area contributed by atoms with Gasteiger partial charge in [0.05, 0.1) is 16.9 Å². The second kappa shape index (κ2) is 2.74. The van der Waals surface area contributed by atoms with Crippen LogP contribution in [0.3, 0.4) is 0 Å². The molecule has 2 N–H and O–H groups in total. The highest BCUT2D eigenvalue weighted by Crippen LogP contribution is 2.30. The Morgan fingerprint density at radius 1 is 1.29 bits per heavy atom. The summed E-state index contributed by atoms with van der Waals surface area (Å²) >= 11 is 0. The van der Waals surface area contributed by atoms with Crippen LogP contribution in [0.2, 0.25) is 0 Å². The molecule has 3 heteroatoms. The first kappa shape index (κ1) is 9.06. The molecule has 1 aliphatic rings. The lowest BCUT2D eigenvalue weighted by Gasteiger charge is -2.30. The van der Waals surface area contributed by atoms with Crippen LogP contribution in [0.5, 0.6) is 0 Å². The fourth-order valence-corrected chi connectivity index (χ4v) is 1.89. The van der Waals surface area contributed by atoms with Crippen molar-refractivity contribution in [1.82, 2.24) is 4.98 Å². The van der Waals surface area contributed by atoms with Crippen molar-refractivity contribution < 1.29 is 0 Å². The van der Waals surface area contributed by atoms with Gasteiger partial charge in [0, 0.05) is 6.07 Å². The quantitative estimate of drug-likeness (QED) is 0.657. The molecule has 14 heavy (non-hydrogen) atoms. The van der Waals surface area contributed by atoms with E-state index in [1.54, 1.807) is 6.07 Å². The van der Waals surface area contributed by atoms with Crippen LogP contribution in [-0.2, 0) is 0 Å². The molecular formula is C11H14N2O.